The lowest BCUT2D eigenvalue weighted by Crippen LogP contribution is -2.09. The topological polar surface area (TPSA) is 22.2 Å². The third-order valence-electron chi connectivity index (χ3n) is 7.38. The van der Waals surface area contributed by atoms with E-state index >= 15 is 0 Å². The number of fused-ring (bicyclic) bond motifs is 5. The van der Waals surface area contributed by atoms with Crippen molar-refractivity contribution >= 4 is 121 Å². The maximum absolute atomic E-state index is 7.15. The Bertz CT molecular complexity index is 2130. The Morgan fingerprint density at radius 3 is 1.42 bits per heavy atom. The number of para-hydroxylation sites is 4. The molecule has 0 unspecified atom stereocenters. The number of aromatic nitrogens is 3. The van der Waals surface area contributed by atoms with Gasteiger partial charge in [-0.1, -0.05) is 117 Å². The van der Waals surface area contributed by atoms with Gasteiger partial charge in [-0.15, -0.1) is 0 Å². The van der Waals surface area contributed by atoms with Crippen LogP contribution < -0.4 is 0 Å². The second-order valence-electron chi connectivity index (χ2n) is 9.88. The van der Waals surface area contributed by atoms with Gasteiger partial charge in [0.05, 0.1) is 27.8 Å². The normalized spacial score (nSPS) is 11.9. The molecule has 7 rings (SSSR count). The molecule has 2 aromatic heterocycles. The zero-order valence-electron chi connectivity index (χ0n) is 21.5. The first-order valence-corrected chi connectivity index (χ1v) is 15.8. The van der Waals surface area contributed by atoms with Crippen LogP contribution in [0, 0.1) is 0 Å². The van der Waals surface area contributed by atoms with Crippen molar-refractivity contribution in [1.82, 2.24) is 14.0 Å². The van der Waals surface area contributed by atoms with Gasteiger partial charge in [-0.05, 0) is 60.7 Å². The second-order valence-corrected chi connectivity index (χ2v) is 13.2. The highest BCUT2D eigenvalue weighted by atomic mass is 35.5. The minimum atomic E-state index is -0.765. The number of imidazole rings is 2. The minimum Gasteiger partial charge on any atom is -0.278 e. The van der Waals surface area contributed by atoms with Crippen molar-refractivity contribution in [3.05, 3.63) is 142 Å². The Balaban J connectivity index is 1.52. The molecule has 0 atom stereocenters. The lowest BCUT2D eigenvalue weighted by atomic mass is 9.84. The zero-order valence-corrected chi connectivity index (χ0v) is 27.6. The van der Waals surface area contributed by atoms with E-state index in [9.17, 15) is 0 Å². The largest absolute Gasteiger partial charge is 0.278 e. The van der Waals surface area contributed by atoms with Crippen molar-refractivity contribution in [2.24, 2.45) is 0 Å². The third-order valence-corrected chi connectivity index (χ3v) is 9.70. The number of halogens is 8. The molecule has 214 valence electrons. The van der Waals surface area contributed by atoms with Gasteiger partial charge < -0.3 is 0 Å². The van der Waals surface area contributed by atoms with E-state index in [4.69, 9.17) is 97.8 Å². The summed E-state index contributed by atoms with van der Waals surface area (Å²) in [5, 5.41) is 2.59. The minimum absolute atomic E-state index is 0.294. The summed E-state index contributed by atoms with van der Waals surface area (Å²) in [6, 6.07) is 26.1. The van der Waals surface area contributed by atoms with Crippen LogP contribution in [-0.4, -0.2) is 14.0 Å². The predicted molar refractivity (Wildman–Crippen MR) is 183 cm³/mol. The molecule has 0 fully saturated rings. The summed E-state index contributed by atoms with van der Waals surface area (Å²) >= 11 is 53.9. The van der Waals surface area contributed by atoms with Crippen LogP contribution in [0.1, 0.15) is 22.6 Å². The second kappa shape index (κ2) is 11.2. The van der Waals surface area contributed by atoms with Gasteiger partial charge in [-0.2, -0.15) is 0 Å². The monoisotopic (exact) mass is 721 g/mol. The van der Waals surface area contributed by atoms with Crippen molar-refractivity contribution < 1.29 is 0 Å². The molecule has 11 heteroatoms. The van der Waals surface area contributed by atoms with Crippen LogP contribution >= 0.6 is 92.8 Å². The van der Waals surface area contributed by atoms with E-state index in [0.717, 1.165) is 22.1 Å². The summed E-state index contributed by atoms with van der Waals surface area (Å²) in [5.74, 6) is -0.0505. The molecule has 0 amide bonds. The molecule has 0 bridgehead atoms. The van der Waals surface area contributed by atoms with Crippen molar-refractivity contribution in [2.75, 3.05) is 0 Å². The fraction of sp³-hybridized carbons (Fsp3) is 0.0312. The molecular weight excluding hydrogens is 710 g/mol. The average Bonchev–Trinajstić information content (AvgIpc) is 3.46. The number of nitrogens with zero attached hydrogens (tertiary/aromatic N) is 3. The van der Waals surface area contributed by atoms with E-state index in [1.54, 1.807) is 24.3 Å². The van der Waals surface area contributed by atoms with Crippen LogP contribution in [-0.2, 0) is 0 Å². The summed E-state index contributed by atoms with van der Waals surface area (Å²) in [6.45, 7) is 0. The standard InChI is InChI=1S/C32H15Cl8N3/c33-15-9-18(35)28(19(36)10-15)31(29-20(37)11-16(34)12-21(29)38)30-22(39)13-17(14-23(30)40)42-26-7-3-4-8-27(26)43-25-6-2-1-5-24(25)41-32(42)43/h1-14,31H. The van der Waals surface area contributed by atoms with Gasteiger partial charge in [-0.25, -0.2) is 4.98 Å². The molecule has 0 aliphatic heterocycles. The molecule has 0 radical (unpaired) electrons. The average molecular weight is 725 g/mol. The van der Waals surface area contributed by atoms with Crippen molar-refractivity contribution in [2.45, 2.75) is 5.92 Å². The molecule has 0 aliphatic rings. The first-order chi connectivity index (χ1) is 20.6. The van der Waals surface area contributed by atoms with E-state index in [0.29, 0.717) is 68.3 Å². The molecule has 0 spiro atoms. The van der Waals surface area contributed by atoms with Crippen LogP contribution in [0.2, 0.25) is 40.2 Å². The van der Waals surface area contributed by atoms with Gasteiger partial charge in [0.1, 0.15) is 0 Å². The van der Waals surface area contributed by atoms with E-state index in [1.165, 1.54) is 0 Å². The van der Waals surface area contributed by atoms with Crippen molar-refractivity contribution in [3.63, 3.8) is 0 Å². The summed E-state index contributed by atoms with van der Waals surface area (Å²) in [5.41, 5.74) is 5.96. The molecule has 0 saturated carbocycles. The van der Waals surface area contributed by atoms with E-state index in [1.807, 2.05) is 59.2 Å². The lowest BCUT2D eigenvalue weighted by Gasteiger charge is -2.26. The maximum Gasteiger partial charge on any atom is 0.220 e. The number of hydrogen-bond donors (Lipinski definition) is 0. The first-order valence-electron chi connectivity index (χ1n) is 12.8. The van der Waals surface area contributed by atoms with Crippen LogP contribution in [0.5, 0.6) is 0 Å². The number of rotatable bonds is 4. The van der Waals surface area contributed by atoms with Crippen molar-refractivity contribution in [1.29, 1.82) is 0 Å². The van der Waals surface area contributed by atoms with E-state index < -0.39 is 5.92 Å². The highest BCUT2D eigenvalue weighted by Gasteiger charge is 2.31. The Morgan fingerprint density at radius 1 is 0.488 bits per heavy atom. The van der Waals surface area contributed by atoms with Crippen molar-refractivity contribution in [3.8, 4) is 5.69 Å². The molecule has 3 nitrogen and oxygen atoms in total. The van der Waals surface area contributed by atoms with Crippen LogP contribution in [0.25, 0.3) is 33.5 Å². The van der Waals surface area contributed by atoms with Gasteiger partial charge in [-0.3, -0.25) is 8.97 Å². The van der Waals surface area contributed by atoms with Crippen LogP contribution in [0.15, 0.2) is 84.9 Å². The lowest BCUT2D eigenvalue weighted by molar-refractivity contribution is 0.975. The van der Waals surface area contributed by atoms with E-state index in [-0.39, 0.29) is 0 Å². The van der Waals surface area contributed by atoms with Gasteiger partial charge >= 0.3 is 0 Å². The highest BCUT2D eigenvalue weighted by molar-refractivity contribution is 6.42. The zero-order chi connectivity index (χ0) is 30.2. The Kier molecular flexibility index (Phi) is 7.69. The fourth-order valence-electron chi connectivity index (χ4n) is 5.67. The number of hydrogen-bond acceptors (Lipinski definition) is 1. The quantitative estimate of drug-likeness (QED) is 0.166. The smallest absolute Gasteiger partial charge is 0.220 e. The summed E-state index contributed by atoms with van der Waals surface area (Å²) < 4.78 is 4.14. The predicted octanol–water partition coefficient (Wildman–Crippen LogP) is 12.8. The Labute approximate surface area is 286 Å². The van der Waals surface area contributed by atoms with Gasteiger partial charge in [0.15, 0.2) is 0 Å². The molecule has 2 heterocycles. The van der Waals surface area contributed by atoms with Crippen LogP contribution in [0.3, 0.4) is 0 Å². The first kappa shape index (κ1) is 29.4. The SMILES string of the molecule is Clc1cc(Cl)c(C(c2c(Cl)cc(Cl)cc2Cl)c2c(Cl)cc(-n3c4ccccc4n4c5ccccc5nc34)cc2Cl)c(Cl)c1. The third kappa shape index (κ3) is 4.86. The molecule has 5 aromatic carbocycles. The molecule has 7 aromatic rings. The van der Waals surface area contributed by atoms with Gasteiger partial charge in [0.25, 0.3) is 0 Å². The summed E-state index contributed by atoms with van der Waals surface area (Å²) in [6.07, 6.45) is 0. The van der Waals surface area contributed by atoms with Gasteiger partial charge in [0.2, 0.25) is 5.78 Å². The molecule has 0 saturated heterocycles. The highest BCUT2D eigenvalue weighted by Crippen LogP contribution is 2.50. The van der Waals surface area contributed by atoms with Crippen LogP contribution in [0.4, 0.5) is 0 Å². The molecular formula is C32H15Cl8N3. The van der Waals surface area contributed by atoms with E-state index in [2.05, 4.69) is 10.5 Å². The number of benzene rings is 5. The van der Waals surface area contributed by atoms with Gasteiger partial charge in [0, 0.05) is 62.8 Å². The Morgan fingerprint density at radius 2 is 0.907 bits per heavy atom. The maximum atomic E-state index is 7.15. The summed E-state index contributed by atoms with van der Waals surface area (Å²) in [7, 11) is 0. The summed E-state index contributed by atoms with van der Waals surface area (Å²) in [4.78, 5) is 4.95. The molecule has 0 aliphatic carbocycles. The fourth-order valence-corrected chi connectivity index (χ4v) is 8.44. The Hall–Kier alpha value is -2.31. The molecule has 43 heavy (non-hydrogen) atoms. The molecule has 0 N–H and O–H groups in total.